The first-order chi connectivity index (χ1) is 9.45. The summed E-state index contributed by atoms with van der Waals surface area (Å²) < 4.78 is 0. The molecule has 0 spiro atoms. The molecule has 0 saturated heterocycles. The maximum absolute atomic E-state index is 2.30. The van der Waals surface area contributed by atoms with E-state index >= 15 is 0 Å². The summed E-state index contributed by atoms with van der Waals surface area (Å²) in [7, 11) is 0. The van der Waals surface area contributed by atoms with Gasteiger partial charge >= 0.3 is 0 Å². The highest BCUT2D eigenvalue weighted by Crippen LogP contribution is 2.55. The fourth-order valence-corrected chi connectivity index (χ4v) is 5.65. The molecule has 0 nitrogen and oxygen atoms in total. The van der Waals surface area contributed by atoms with Crippen LogP contribution in [0, 0.1) is 0 Å². The Morgan fingerprint density at radius 1 is 0.789 bits per heavy atom. The molecule has 2 aliphatic rings. The van der Waals surface area contributed by atoms with Crippen molar-refractivity contribution in [3.63, 3.8) is 0 Å². The van der Waals surface area contributed by atoms with Crippen LogP contribution in [0.25, 0.3) is 4.91 Å². The molecular formula is C17H14S2. The first-order valence-corrected chi connectivity index (χ1v) is 8.56. The van der Waals surface area contributed by atoms with Gasteiger partial charge in [0.2, 0.25) is 0 Å². The van der Waals surface area contributed by atoms with Gasteiger partial charge in [-0.15, -0.1) is 23.5 Å². The van der Waals surface area contributed by atoms with E-state index in [1.807, 2.05) is 11.8 Å². The molecule has 1 heterocycles. The fourth-order valence-electron chi connectivity index (χ4n) is 2.93. The molecule has 1 aliphatic heterocycles. The van der Waals surface area contributed by atoms with Gasteiger partial charge in [-0.1, -0.05) is 54.6 Å². The lowest BCUT2D eigenvalue weighted by atomic mass is 9.93. The van der Waals surface area contributed by atoms with Gasteiger partial charge in [0.25, 0.3) is 0 Å². The summed E-state index contributed by atoms with van der Waals surface area (Å²) >= 11 is 4.09. The van der Waals surface area contributed by atoms with E-state index in [0.29, 0.717) is 5.92 Å². The van der Waals surface area contributed by atoms with Crippen LogP contribution in [0.15, 0.2) is 59.5 Å². The summed E-state index contributed by atoms with van der Waals surface area (Å²) in [6, 6.07) is 19.8. The monoisotopic (exact) mass is 282 g/mol. The SMILES string of the molecule is c1ccc(C2C3=C(SCCS3)c3ccccc32)cc1. The number of benzene rings is 2. The first-order valence-electron chi connectivity index (χ1n) is 6.59. The van der Waals surface area contributed by atoms with Crippen LogP contribution in [0.1, 0.15) is 22.6 Å². The zero-order valence-corrected chi connectivity index (χ0v) is 12.1. The van der Waals surface area contributed by atoms with Crippen LogP contribution in [0.3, 0.4) is 0 Å². The van der Waals surface area contributed by atoms with E-state index in [9.17, 15) is 0 Å². The smallest absolute Gasteiger partial charge is 0.0417 e. The average molecular weight is 282 g/mol. The summed E-state index contributed by atoms with van der Waals surface area (Å²) in [5.74, 6) is 2.94. The van der Waals surface area contributed by atoms with Crippen molar-refractivity contribution < 1.29 is 0 Å². The summed E-state index contributed by atoms with van der Waals surface area (Å²) in [5, 5.41) is 0. The Balaban J connectivity index is 1.92. The molecule has 0 fully saturated rings. The Morgan fingerprint density at radius 3 is 2.42 bits per heavy atom. The van der Waals surface area contributed by atoms with Crippen molar-refractivity contribution >= 4 is 28.4 Å². The van der Waals surface area contributed by atoms with Gasteiger partial charge in [0.15, 0.2) is 0 Å². The molecule has 0 amide bonds. The third-order valence-corrected chi connectivity index (χ3v) is 6.41. The van der Waals surface area contributed by atoms with Gasteiger partial charge in [0, 0.05) is 27.2 Å². The predicted octanol–water partition coefficient (Wildman–Crippen LogP) is 4.98. The van der Waals surface area contributed by atoms with Gasteiger partial charge in [-0.2, -0.15) is 0 Å². The van der Waals surface area contributed by atoms with E-state index in [-0.39, 0.29) is 0 Å². The quantitative estimate of drug-likeness (QED) is 0.723. The second-order valence-electron chi connectivity index (χ2n) is 4.82. The van der Waals surface area contributed by atoms with Crippen molar-refractivity contribution in [2.45, 2.75) is 5.92 Å². The molecule has 2 aromatic carbocycles. The molecule has 4 rings (SSSR count). The molecule has 2 aromatic rings. The molecule has 1 aliphatic carbocycles. The van der Waals surface area contributed by atoms with Crippen LogP contribution in [-0.2, 0) is 0 Å². The first kappa shape index (κ1) is 11.7. The number of fused-ring (bicyclic) bond motifs is 2. The maximum atomic E-state index is 2.30. The lowest BCUT2D eigenvalue weighted by Gasteiger charge is -2.19. The van der Waals surface area contributed by atoms with Crippen molar-refractivity contribution in [2.75, 3.05) is 11.5 Å². The second kappa shape index (κ2) is 4.77. The lowest BCUT2D eigenvalue weighted by Crippen LogP contribution is -2.01. The van der Waals surface area contributed by atoms with E-state index in [4.69, 9.17) is 0 Å². The molecule has 0 bridgehead atoms. The largest absolute Gasteiger partial charge is 0.128 e. The minimum absolute atomic E-state index is 0.463. The number of hydrogen-bond acceptors (Lipinski definition) is 2. The van der Waals surface area contributed by atoms with Crippen LogP contribution < -0.4 is 0 Å². The third kappa shape index (κ3) is 1.86. The van der Waals surface area contributed by atoms with Gasteiger partial charge in [0.05, 0.1) is 0 Å². The van der Waals surface area contributed by atoms with E-state index in [1.165, 1.54) is 33.1 Å². The number of allylic oxidation sites excluding steroid dienone is 1. The van der Waals surface area contributed by atoms with Gasteiger partial charge in [0.1, 0.15) is 0 Å². The van der Waals surface area contributed by atoms with Crippen molar-refractivity contribution in [2.24, 2.45) is 0 Å². The van der Waals surface area contributed by atoms with Crippen LogP contribution in [0.2, 0.25) is 0 Å². The van der Waals surface area contributed by atoms with Crippen molar-refractivity contribution in [3.05, 3.63) is 76.2 Å². The molecule has 0 saturated carbocycles. The van der Waals surface area contributed by atoms with Crippen LogP contribution >= 0.6 is 23.5 Å². The third-order valence-electron chi connectivity index (χ3n) is 3.72. The minimum Gasteiger partial charge on any atom is -0.128 e. The van der Waals surface area contributed by atoms with Gasteiger partial charge in [-0.3, -0.25) is 0 Å². The van der Waals surface area contributed by atoms with E-state index in [1.54, 1.807) is 4.91 Å². The second-order valence-corrected chi connectivity index (χ2v) is 7.06. The summed E-state index contributed by atoms with van der Waals surface area (Å²) in [5.41, 5.74) is 4.37. The molecule has 2 heteroatoms. The predicted molar refractivity (Wildman–Crippen MR) is 86.6 cm³/mol. The molecule has 1 unspecified atom stereocenters. The van der Waals surface area contributed by atoms with Crippen molar-refractivity contribution in [1.82, 2.24) is 0 Å². The number of rotatable bonds is 1. The highest BCUT2D eigenvalue weighted by molar-refractivity contribution is 8.13. The van der Waals surface area contributed by atoms with Crippen molar-refractivity contribution in [1.29, 1.82) is 0 Å². The number of thioether (sulfide) groups is 2. The zero-order valence-electron chi connectivity index (χ0n) is 10.5. The minimum atomic E-state index is 0.463. The lowest BCUT2D eigenvalue weighted by molar-refractivity contribution is 1.03. The molecule has 0 radical (unpaired) electrons. The topological polar surface area (TPSA) is 0 Å². The Morgan fingerprint density at radius 2 is 1.53 bits per heavy atom. The molecule has 19 heavy (non-hydrogen) atoms. The van der Waals surface area contributed by atoms with Crippen LogP contribution in [0.4, 0.5) is 0 Å². The highest BCUT2D eigenvalue weighted by Gasteiger charge is 2.34. The molecular weight excluding hydrogens is 268 g/mol. The Kier molecular flexibility index (Phi) is 2.93. The summed E-state index contributed by atoms with van der Waals surface area (Å²) in [6.45, 7) is 0. The molecule has 94 valence electrons. The fraction of sp³-hybridized carbons (Fsp3) is 0.176. The average Bonchev–Trinajstić information content (AvgIpc) is 2.83. The van der Waals surface area contributed by atoms with E-state index in [2.05, 4.69) is 66.4 Å². The van der Waals surface area contributed by atoms with Gasteiger partial charge in [-0.05, 0) is 16.7 Å². The Bertz CT molecular complexity index is 643. The summed E-state index contributed by atoms with van der Waals surface area (Å²) in [6.07, 6.45) is 0. The van der Waals surface area contributed by atoms with Gasteiger partial charge < -0.3 is 0 Å². The standard InChI is InChI=1S/C17H14S2/c1-2-6-12(7-3-1)15-13-8-4-5-9-14(13)16-17(15)19-11-10-18-16/h1-9,15H,10-11H2. The molecule has 1 atom stereocenters. The number of hydrogen-bond donors (Lipinski definition) is 0. The van der Waals surface area contributed by atoms with Crippen molar-refractivity contribution in [3.8, 4) is 0 Å². The maximum Gasteiger partial charge on any atom is 0.0417 e. The highest BCUT2D eigenvalue weighted by atomic mass is 32.2. The normalized spacial score (nSPS) is 21.2. The van der Waals surface area contributed by atoms with Gasteiger partial charge in [-0.25, -0.2) is 0 Å². The van der Waals surface area contributed by atoms with Crippen LogP contribution in [0.5, 0.6) is 0 Å². The van der Waals surface area contributed by atoms with E-state index in [0.717, 1.165) is 0 Å². The Labute approximate surface area is 122 Å². The zero-order chi connectivity index (χ0) is 12.7. The Hall–Kier alpha value is -1.12. The summed E-state index contributed by atoms with van der Waals surface area (Å²) in [4.78, 5) is 3.10. The molecule has 0 N–H and O–H groups in total. The van der Waals surface area contributed by atoms with E-state index < -0.39 is 0 Å². The van der Waals surface area contributed by atoms with Crippen LogP contribution in [-0.4, -0.2) is 11.5 Å². The molecule has 0 aromatic heterocycles.